The third-order valence-electron chi connectivity index (χ3n) is 3.57. The summed E-state index contributed by atoms with van der Waals surface area (Å²) in [4.78, 5) is 33.3. The molecule has 1 unspecified atom stereocenters. The summed E-state index contributed by atoms with van der Waals surface area (Å²) in [6, 6.07) is -0.222. The third kappa shape index (κ3) is 2.95. The molecule has 1 aromatic rings. The molecule has 1 amide bonds. The Morgan fingerprint density at radius 3 is 2.90 bits per heavy atom. The fourth-order valence-electron chi connectivity index (χ4n) is 2.64. The summed E-state index contributed by atoms with van der Waals surface area (Å²) in [6.45, 7) is 4.54. The first kappa shape index (κ1) is 14.4. The van der Waals surface area contributed by atoms with Gasteiger partial charge < -0.3 is 10.0 Å². The van der Waals surface area contributed by atoms with Gasteiger partial charge in [-0.15, -0.1) is 0 Å². The highest BCUT2D eigenvalue weighted by atomic mass is 16.4. The minimum atomic E-state index is -0.872. The van der Waals surface area contributed by atoms with Gasteiger partial charge in [-0.25, -0.2) is 9.97 Å². The highest BCUT2D eigenvalue weighted by Crippen LogP contribution is 2.25. The van der Waals surface area contributed by atoms with E-state index in [2.05, 4.69) is 9.97 Å². The molecule has 6 heteroatoms. The first-order valence-corrected chi connectivity index (χ1v) is 6.83. The van der Waals surface area contributed by atoms with Crippen molar-refractivity contribution in [3.05, 3.63) is 23.8 Å². The molecule has 0 saturated carbocycles. The molecule has 0 aromatic carbocycles. The monoisotopic (exact) mass is 277 g/mol. The van der Waals surface area contributed by atoms with Crippen LogP contribution in [0.1, 0.15) is 55.1 Å². The van der Waals surface area contributed by atoms with E-state index in [0.717, 1.165) is 12.8 Å². The molecule has 1 atom stereocenters. The molecule has 2 heterocycles. The minimum Gasteiger partial charge on any atom is -0.481 e. The predicted molar refractivity (Wildman–Crippen MR) is 72.4 cm³/mol. The zero-order chi connectivity index (χ0) is 14.7. The number of amides is 1. The second-order valence-corrected chi connectivity index (χ2v) is 5.37. The molecule has 1 fully saturated rings. The normalized spacial score (nSPS) is 18.6. The second-order valence-electron chi connectivity index (χ2n) is 5.37. The van der Waals surface area contributed by atoms with Crippen LogP contribution in [0.25, 0.3) is 0 Å². The summed E-state index contributed by atoms with van der Waals surface area (Å²) in [6.07, 6.45) is 4.54. The van der Waals surface area contributed by atoms with Crippen molar-refractivity contribution in [2.45, 2.75) is 45.1 Å². The molecule has 20 heavy (non-hydrogen) atoms. The maximum Gasteiger partial charge on any atom is 0.305 e. The van der Waals surface area contributed by atoms with Crippen molar-refractivity contribution in [2.75, 3.05) is 6.54 Å². The van der Waals surface area contributed by atoms with Crippen molar-refractivity contribution in [1.82, 2.24) is 14.9 Å². The quantitative estimate of drug-likeness (QED) is 0.905. The lowest BCUT2D eigenvalue weighted by molar-refractivity contribution is -0.137. The number of carbonyl (C=O) groups excluding carboxylic acids is 1. The van der Waals surface area contributed by atoms with Gasteiger partial charge in [0.1, 0.15) is 6.33 Å². The van der Waals surface area contributed by atoms with Gasteiger partial charge in [0.2, 0.25) is 0 Å². The molecule has 0 radical (unpaired) electrons. The van der Waals surface area contributed by atoms with Gasteiger partial charge in [0.05, 0.1) is 17.7 Å². The summed E-state index contributed by atoms with van der Waals surface area (Å²) in [7, 11) is 0. The van der Waals surface area contributed by atoms with E-state index >= 15 is 0 Å². The Balaban J connectivity index is 2.25. The zero-order valence-electron chi connectivity index (χ0n) is 11.7. The number of hydrogen-bond acceptors (Lipinski definition) is 4. The number of aliphatic carboxylic acids is 1. The van der Waals surface area contributed by atoms with Gasteiger partial charge in [-0.3, -0.25) is 9.59 Å². The van der Waals surface area contributed by atoms with Crippen LogP contribution in [0.5, 0.6) is 0 Å². The maximum absolute atomic E-state index is 12.6. The lowest BCUT2D eigenvalue weighted by Crippen LogP contribution is -2.37. The number of nitrogens with zero attached hydrogens (tertiary/aromatic N) is 3. The lowest BCUT2D eigenvalue weighted by Gasteiger charge is -2.24. The van der Waals surface area contributed by atoms with Crippen LogP contribution in [0.4, 0.5) is 0 Å². The number of rotatable bonds is 4. The number of likely N-dealkylation sites (tertiary alicyclic amines) is 1. The number of carbonyl (C=O) groups is 2. The van der Waals surface area contributed by atoms with Crippen LogP contribution in [-0.2, 0) is 4.79 Å². The fourth-order valence-corrected chi connectivity index (χ4v) is 2.64. The molecule has 0 spiro atoms. The summed E-state index contributed by atoms with van der Waals surface area (Å²) in [5, 5.41) is 8.92. The van der Waals surface area contributed by atoms with E-state index in [1.165, 1.54) is 12.5 Å². The summed E-state index contributed by atoms with van der Waals surface area (Å²) in [5.74, 6) is -0.904. The van der Waals surface area contributed by atoms with Crippen molar-refractivity contribution in [2.24, 2.45) is 0 Å². The van der Waals surface area contributed by atoms with E-state index in [0.29, 0.717) is 17.8 Å². The topological polar surface area (TPSA) is 83.4 Å². The fraction of sp³-hybridized carbons (Fsp3) is 0.571. The molecule has 108 valence electrons. The van der Waals surface area contributed by atoms with Gasteiger partial charge in [0.15, 0.2) is 0 Å². The smallest absolute Gasteiger partial charge is 0.305 e. The molecule has 1 saturated heterocycles. The Bertz CT molecular complexity index is 516. The van der Waals surface area contributed by atoms with Crippen molar-refractivity contribution in [3.8, 4) is 0 Å². The molecular formula is C14H19N3O3. The number of carboxylic acid groups (broad SMARTS) is 1. The molecular weight excluding hydrogens is 258 g/mol. The van der Waals surface area contributed by atoms with Gasteiger partial charge in [-0.05, 0) is 18.8 Å². The average molecular weight is 277 g/mol. The van der Waals surface area contributed by atoms with Crippen LogP contribution in [0.3, 0.4) is 0 Å². The second kappa shape index (κ2) is 5.98. The summed E-state index contributed by atoms with van der Waals surface area (Å²) in [5.41, 5.74) is 1.20. The van der Waals surface area contributed by atoms with Crippen LogP contribution in [0.15, 0.2) is 12.5 Å². The summed E-state index contributed by atoms with van der Waals surface area (Å²) < 4.78 is 0. The van der Waals surface area contributed by atoms with Gasteiger partial charge in [-0.2, -0.15) is 0 Å². The zero-order valence-corrected chi connectivity index (χ0v) is 11.7. The minimum absolute atomic E-state index is 0.00353. The third-order valence-corrected chi connectivity index (χ3v) is 3.57. The van der Waals surface area contributed by atoms with E-state index in [4.69, 9.17) is 5.11 Å². The number of hydrogen-bond donors (Lipinski definition) is 1. The Kier molecular flexibility index (Phi) is 4.32. The Morgan fingerprint density at radius 1 is 1.50 bits per heavy atom. The molecule has 6 nitrogen and oxygen atoms in total. The van der Waals surface area contributed by atoms with Gasteiger partial charge in [0.25, 0.3) is 5.91 Å². The number of carboxylic acids is 1. The largest absolute Gasteiger partial charge is 0.481 e. The Morgan fingerprint density at radius 2 is 2.25 bits per heavy atom. The molecule has 1 aliphatic heterocycles. The highest BCUT2D eigenvalue weighted by Gasteiger charge is 2.32. The van der Waals surface area contributed by atoms with Crippen molar-refractivity contribution in [3.63, 3.8) is 0 Å². The molecule has 1 aromatic heterocycles. The number of aromatic nitrogens is 2. The van der Waals surface area contributed by atoms with E-state index in [-0.39, 0.29) is 24.3 Å². The Labute approximate surface area is 117 Å². The SMILES string of the molecule is CC(C)c1ncncc1C(=O)N1CCCC1CC(=O)O. The van der Waals surface area contributed by atoms with Crippen molar-refractivity contribution in [1.29, 1.82) is 0 Å². The Hall–Kier alpha value is -1.98. The van der Waals surface area contributed by atoms with E-state index in [1.54, 1.807) is 4.90 Å². The van der Waals surface area contributed by atoms with Crippen molar-refractivity contribution < 1.29 is 14.7 Å². The van der Waals surface area contributed by atoms with Crippen LogP contribution in [-0.4, -0.2) is 44.4 Å². The summed E-state index contributed by atoms with van der Waals surface area (Å²) >= 11 is 0. The van der Waals surface area contributed by atoms with Crippen LogP contribution in [0, 0.1) is 0 Å². The maximum atomic E-state index is 12.6. The van der Waals surface area contributed by atoms with Crippen LogP contribution >= 0.6 is 0 Å². The molecule has 2 rings (SSSR count). The van der Waals surface area contributed by atoms with E-state index in [9.17, 15) is 9.59 Å². The first-order chi connectivity index (χ1) is 9.50. The van der Waals surface area contributed by atoms with E-state index < -0.39 is 5.97 Å². The van der Waals surface area contributed by atoms with Crippen molar-refractivity contribution >= 4 is 11.9 Å². The van der Waals surface area contributed by atoms with E-state index in [1.807, 2.05) is 13.8 Å². The predicted octanol–water partition coefficient (Wildman–Crippen LogP) is 1.68. The van der Waals surface area contributed by atoms with Gasteiger partial charge >= 0.3 is 5.97 Å². The molecule has 0 aliphatic carbocycles. The highest BCUT2D eigenvalue weighted by molar-refractivity contribution is 5.95. The standard InChI is InChI=1S/C14H19N3O3/c1-9(2)13-11(7-15-8-16-13)14(20)17-5-3-4-10(17)6-12(18)19/h7-10H,3-6H2,1-2H3,(H,18,19). The van der Waals surface area contributed by atoms with Crippen LogP contribution < -0.4 is 0 Å². The first-order valence-electron chi connectivity index (χ1n) is 6.83. The molecule has 1 aliphatic rings. The van der Waals surface area contributed by atoms with Gasteiger partial charge in [0, 0.05) is 18.8 Å². The molecule has 1 N–H and O–H groups in total. The average Bonchev–Trinajstić information content (AvgIpc) is 2.85. The van der Waals surface area contributed by atoms with Crippen LogP contribution in [0.2, 0.25) is 0 Å². The molecule has 0 bridgehead atoms. The van der Waals surface area contributed by atoms with Gasteiger partial charge in [-0.1, -0.05) is 13.8 Å². The lowest BCUT2D eigenvalue weighted by atomic mass is 10.0.